The van der Waals surface area contributed by atoms with Crippen molar-refractivity contribution in [2.75, 3.05) is 39.2 Å². The van der Waals surface area contributed by atoms with Gasteiger partial charge < -0.3 is 29.8 Å². The lowest BCUT2D eigenvalue weighted by Crippen LogP contribution is -2.28. The Morgan fingerprint density at radius 3 is 2.59 bits per heavy atom. The molecule has 8 nitrogen and oxygen atoms in total. The summed E-state index contributed by atoms with van der Waals surface area (Å²) >= 11 is 0. The molecule has 9 heteroatoms. The lowest BCUT2D eigenvalue weighted by molar-refractivity contribution is 0.0952. The van der Waals surface area contributed by atoms with Gasteiger partial charge in [-0.15, -0.1) is 12.4 Å². The van der Waals surface area contributed by atoms with Crippen LogP contribution in [0.15, 0.2) is 34.9 Å². The van der Waals surface area contributed by atoms with Crippen LogP contribution in [0.25, 0.3) is 0 Å². The lowest BCUT2D eigenvalue weighted by atomic mass is 10.0. The average molecular weight is 424 g/mol. The number of hydrogen-bond acceptors (Lipinski definition) is 6. The van der Waals surface area contributed by atoms with E-state index in [1.807, 2.05) is 0 Å². The van der Waals surface area contributed by atoms with Crippen LogP contribution in [0.1, 0.15) is 33.8 Å². The summed E-state index contributed by atoms with van der Waals surface area (Å²) in [6.45, 7) is 2.57. The normalized spacial score (nSPS) is 15.3. The van der Waals surface area contributed by atoms with Crippen molar-refractivity contribution in [3.8, 4) is 11.5 Å². The third kappa shape index (κ3) is 5.65. The van der Waals surface area contributed by atoms with Crippen LogP contribution in [0.3, 0.4) is 0 Å². The Morgan fingerprint density at radius 2 is 1.97 bits per heavy atom. The molecule has 1 saturated heterocycles. The highest BCUT2D eigenvalue weighted by atomic mass is 35.5. The molecule has 0 aliphatic carbocycles. The third-order valence-corrected chi connectivity index (χ3v) is 4.76. The first-order valence-corrected chi connectivity index (χ1v) is 9.22. The van der Waals surface area contributed by atoms with Crippen LogP contribution in [-0.4, -0.2) is 45.7 Å². The molecule has 2 aromatic rings. The van der Waals surface area contributed by atoms with Crippen LogP contribution in [0.5, 0.6) is 11.5 Å². The number of carbonyl (C=O) groups is 2. The predicted octanol–water partition coefficient (Wildman–Crippen LogP) is 2.70. The highest BCUT2D eigenvalue weighted by molar-refractivity contribution is 6.08. The van der Waals surface area contributed by atoms with Crippen molar-refractivity contribution in [3.63, 3.8) is 0 Å². The molecule has 29 heavy (non-hydrogen) atoms. The molecule has 2 amide bonds. The van der Waals surface area contributed by atoms with Gasteiger partial charge in [0.1, 0.15) is 0 Å². The number of nitrogens with one attached hydrogen (secondary N) is 3. The summed E-state index contributed by atoms with van der Waals surface area (Å²) in [6, 6.07) is 6.29. The molecule has 1 aliphatic heterocycles. The highest BCUT2D eigenvalue weighted by Gasteiger charge is 2.20. The molecule has 1 fully saturated rings. The zero-order valence-corrected chi connectivity index (χ0v) is 17.3. The van der Waals surface area contributed by atoms with E-state index >= 15 is 0 Å². The van der Waals surface area contributed by atoms with Gasteiger partial charge in [0.2, 0.25) is 0 Å². The summed E-state index contributed by atoms with van der Waals surface area (Å²) in [5, 5.41) is 8.95. The van der Waals surface area contributed by atoms with Crippen molar-refractivity contribution in [1.29, 1.82) is 0 Å². The van der Waals surface area contributed by atoms with E-state index in [0.29, 0.717) is 35.2 Å². The first-order chi connectivity index (χ1) is 13.6. The number of amides is 2. The molecule has 2 heterocycles. The van der Waals surface area contributed by atoms with E-state index in [1.165, 1.54) is 20.5 Å². The minimum absolute atomic E-state index is 0. The Balaban J connectivity index is 0.00000300. The predicted molar refractivity (Wildman–Crippen MR) is 111 cm³/mol. The maximum atomic E-state index is 12.8. The number of rotatable bonds is 8. The molecule has 1 aromatic heterocycles. The van der Waals surface area contributed by atoms with Crippen molar-refractivity contribution in [2.24, 2.45) is 5.92 Å². The summed E-state index contributed by atoms with van der Waals surface area (Å²) < 4.78 is 15.7. The van der Waals surface area contributed by atoms with Crippen LogP contribution in [0.4, 0.5) is 5.69 Å². The second-order valence-corrected chi connectivity index (χ2v) is 6.59. The number of methoxy groups -OCH3 is 2. The Bertz CT molecular complexity index is 820. The molecule has 3 rings (SSSR count). The Morgan fingerprint density at radius 1 is 1.21 bits per heavy atom. The topological polar surface area (TPSA) is 102 Å². The van der Waals surface area contributed by atoms with E-state index in [2.05, 4.69) is 16.0 Å². The van der Waals surface area contributed by atoms with E-state index in [-0.39, 0.29) is 24.1 Å². The number of benzene rings is 1. The van der Waals surface area contributed by atoms with Crippen LogP contribution in [0.2, 0.25) is 0 Å². The fraction of sp³-hybridized carbons (Fsp3) is 0.400. The highest BCUT2D eigenvalue weighted by Crippen LogP contribution is 2.33. The maximum Gasteiger partial charge on any atom is 0.291 e. The van der Waals surface area contributed by atoms with Crippen molar-refractivity contribution < 1.29 is 23.5 Å². The minimum atomic E-state index is -0.455. The fourth-order valence-corrected chi connectivity index (χ4v) is 3.21. The maximum absolute atomic E-state index is 12.8. The van der Waals surface area contributed by atoms with Crippen LogP contribution in [-0.2, 0) is 0 Å². The number of furan rings is 1. The monoisotopic (exact) mass is 423 g/mol. The number of halogens is 1. The number of hydrogen-bond donors (Lipinski definition) is 3. The van der Waals surface area contributed by atoms with Crippen LogP contribution < -0.4 is 25.4 Å². The lowest BCUT2D eigenvalue weighted by Gasteiger charge is -2.16. The molecule has 1 unspecified atom stereocenters. The summed E-state index contributed by atoms with van der Waals surface area (Å²) in [6.07, 6.45) is 3.44. The smallest absolute Gasteiger partial charge is 0.291 e. The standard InChI is InChI=1S/C20H25N3O5.ClH/c1-26-17-10-14(19(24)22-8-6-13-5-7-21-12-13)15(11-18(17)27-2)23-20(25)16-4-3-9-28-16;/h3-4,9-11,13,21H,5-8,12H2,1-2H3,(H,22,24)(H,23,25);1H. The van der Waals surface area contributed by atoms with E-state index in [0.717, 1.165) is 25.9 Å². The Kier molecular flexibility index (Phi) is 8.35. The average Bonchev–Trinajstić information content (AvgIpc) is 3.41. The molecule has 158 valence electrons. The molecule has 0 saturated carbocycles. The van der Waals surface area contributed by atoms with E-state index in [1.54, 1.807) is 24.3 Å². The zero-order valence-electron chi connectivity index (χ0n) is 16.4. The van der Waals surface area contributed by atoms with Gasteiger partial charge in [0.25, 0.3) is 11.8 Å². The summed E-state index contributed by atoms with van der Waals surface area (Å²) in [7, 11) is 2.99. The summed E-state index contributed by atoms with van der Waals surface area (Å²) in [4.78, 5) is 25.2. The number of carbonyl (C=O) groups excluding carboxylic acids is 2. The van der Waals surface area contributed by atoms with Crippen LogP contribution >= 0.6 is 12.4 Å². The van der Waals surface area contributed by atoms with Gasteiger partial charge in [0, 0.05) is 12.6 Å². The quantitative estimate of drug-likeness (QED) is 0.603. The molecule has 0 spiro atoms. The van der Waals surface area contributed by atoms with Gasteiger partial charge >= 0.3 is 0 Å². The van der Waals surface area contributed by atoms with E-state index in [4.69, 9.17) is 13.9 Å². The number of anilines is 1. The van der Waals surface area contributed by atoms with Crippen molar-refractivity contribution in [2.45, 2.75) is 12.8 Å². The largest absolute Gasteiger partial charge is 0.493 e. The van der Waals surface area contributed by atoms with Gasteiger partial charge in [-0.3, -0.25) is 9.59 Å². The molecule has 1 aliphatic rings. The first kappa shape index (κ1) is 22.6. The Hall–Kier alpha value is -2.71. The second kappa shape index (κ2) is 10.7. The van der Waals surface area contributed by atoms with Gasteiger partial charge in [-0.2, -0.15) is 0 Å². The zero-order chi connectivity index (χ0) is 19.9. The van der Waals surface area contributed by atoms with Crippen molar-refractivity contribution in [3.05, 3.63) is 41.9 Å². The molecular weight excluding hydrogens is 398 g/mol. The van der Waals surface area contributed by atoms with Gasteiger partial charge in [0.05, 0.1) is 31.7 Å². The van der Waals surface area contributed by atoms with Gasteiger partial charge in [0.15, 0.2) is 17.3 Å². The van der Waals surface area contributed by atoms with Gasteiger partial charge in [-0.1, -0.05) is 0 Å². The molecule has 1 aromatic carbocycles. The van der Waals surface area contributed by atoms with Gasteiger partial charge in [-0.25, -0.2) is 0 Å². The molecule has 1 atom stereocenters. The van der Waals surface area contributed by atoms with Crippen molar-refractivity contribution in [1.82, 2.24) is 10.6 Å². The molecule has 3 N–H and O–H groups in total. The molecule has 0 radical (unpaired) electrons. The fourth-order valence-electron chi connectivity index (χ4n) is 3.21. The second-order valence-electron chi connectivity index (χ2n) is 6.59. The summed E-state index contributed by atoms with van der Waals surface area (Å²) in [5.74, 6) is 0.790. The Labute approximate surface area is 175 Å². The van der Waals surface area contributed by atoms with E-state index in [9.17, 15) is 9.59 Å². The first-order valence-electron chi connectivity index (χ1n) is 9.22. The third-order valence-electron chi connectivity index (χ3n) is 4.76. The van der Waals surface area contributed by atoms with Crippen molar-refractivity contribution >= 4 is 29.9 Å². The summed E-state index contributed by atoms with van der Waals surface area (Å²) in [5.41, 5.74) is 0.612. The van der Waals surface area contributed by atoms with E-state index < -0.39 is 5.91 Å². The van der Waals surface area contributed by atoms with Crippen LogP contribution in [0, 0.1) is 5.92 Å². The molecule has 0 bridgehead atoms. The minimum Gasteiger partial charge on any atom is -0.493 e. The molecular formula is C20H26ClN3O5. The SMILES string of the molecule is COc1cc(NC(=O)c2ccco2)c(C(=O)NCCC2CCNC2)cc1OC.Cl. The van der Waals surface area contributed by atoms with Gasteiger partial charge in [-0.05, 0) is 50.0 Å². The number of ether oxygens (including phenoxy) is 2.